The minimum absolute atomic E-state index is 0.0874. The molecular weight excluding hydrogens is 322 g/mol. The Balaban J connectivity index is 1.61. The summed E-state index contributed by atoms with van der Waals surface area (Å²) in [4.78, 5) is 20.6. The molecule has 0 spiro atoms. The normalized spacial score (nSPS) is 12.0. The number of H-pyrrole nitrogens is 1. The number of amides is 1. The van der Waals surface area contributed by atoms with Crippen LogP contribution >= 0.6 is 0 Å². The van der Waals surface area contributed by atoms with Gasteiger partial charge in [0.1, 0.15) is 5.82 Å². The van der Waals surface area contributed by atoms with E-state index in [0.717, 1.165) is 22.4 Å². The van der Waals surface area contributed by atoms with E-state index in [-0.39, 0.29) is 11.9 Å². The second kappa shape index (κ2) is 7.23. The van der Waals surface area contributed by atoms with Crippen LogP contribution in [0.25, 0.3) is 11.0 Å². The maximum absolute atomic E-state index is 12.6. The van der Waals surface area contributed by atoms with E-state index in [1.165, 1.54) is 0 Å². The molecule has 0 aliphatic heterocycles. The first kappa shape index (κ1) is 16.1. The minimum atomic E-state index is -0.163. The molecule has 1 amide bonds. The molecule has 0 saturated heterocycles. The molecule has 0 aliphatic carbocycles. The lowest BCUT2D eigenvalue weighted by atomic mass is 10.0. The van der Waals surface area contributed by atoms with Gasteiger partial charge in [-0.15, -0.1) is 0 Å². The van der Waals surface area contributed by atoms with Crippen molar-refractivity contribution in [1.29, 1.82) is 0 Å². The third-order valence-corrected chi connectivity index (χ3v) is 4.38. The summed E-state index contributed by atoms with van der Waals surface area (Å²) in [5, 5.41) is 3.14. The van der Waals surface area contributed by atoms with Gasteiger partial charge in [0.2, 0.25) is 0 Å². The molecule has 0 fully saturated rings. The molecule has 0 bridgehead atoms. The van der Waals surface area contributed by atoms with Crippen LogP contribution in [0.2, 0.25) is 0 Å². The number of imidazole rings is 1. The van der Waals surface area contributed by atoms with Gasteiger partial charge in [-0.25, -0.2) is 4.98 Å². The van der Waals surface area contributed by atoms with E-state index in [9.17, 15) is 4.79 Å². The first-order valence-electron chi connectivity index (χ1n) is 8.64. The number of benzene rings is 3. The Labute approximate surface area is 151 Å². The van der Waals surface area contributed by atoms with Gasteiger partial charge < -0.3 is 10.3 Å². The highest BCUT2D eigenvalue weighted by Gasteiger charge is 2.18. The average Bonchev–Trinajstić information content (AvgIpc) is 3.11. The van der Waals surface area contributed by atoms with E-state index in [1.807, 2.05) is 84.9 Å². The van der Waals surface area contributed by atoms with E-state index in [2.05, 4.69) is 15.3 Å². The van der Waals surface area contributed by atoms with Crippen LogP contribution in [0.5, 0.6) is 0 Å². The van der Waals surface area contributed by atoms with Gasteiger partial charge >= 0.3 is 0 Å². The molecule has 0 saturated carbocycles. The first-order valence-corrected chi connectivity index (χ1v) is 8.64. The summed E-state index contributed by atoms with van der Waals surface area (Å²) in [6.07, 6.45) is 0.595. The van der Waals surface area contributed by atoms with Crippen molar-refractivity contribution in [3.63, 3.8) is 0 Å². The second-order valence-corrected chi connectivity index (χ2v) is 6.21. The third-order valence-electron chi connectivity index (χ3n) is 4.38. The number of rotatable bonds is 5. The Morgan fingerprint density at radius 2 is 1.54 bits per heavy atom. The van der Waals surface area contributed by atoms with Crippen LogP contribution in [0.15, 0.2) is 84.9 Å². The fraction of sp³-hybridized carbons (Fsp3) is 0.0909. The maximum atomic E-state index is 12.6. The van der Waals surface area contributed by atoms with E-state index >= 15 is 0 Å². The van der Waals surface area contributed by atoms with E-state index in [1.54, 1.807) is 0 Å². The Bertz CT molecular complexity index is 976. The van der Waals surface area contributed by atoms with Crippen molar-refractivity contribution in [3.8, 4) is 0 Å². The van der Waals surface area contributed by atoms with Crippen LogP contribution in [0.1, 0.15) is 27.8 Å². The third kappa shape index (κ3) is 3.49. The highest BCUT2D eigenvalue weighted by atomic mass is 16.1. The largest absolute Gasteiger partial charge is 0.345 e. The Morgan fingerprint density at radius 3 is 2.27 bits per heavy atom. The fourth-order valence-electron chi connectivity index (χ4n) is 3.06. The van der Waals surface area contributed by atoms with Crippen LogP contribution in [0.4, 0.5) is 0 Å². The molecule has 4 nitrogen and oxygen atoms in total. The van der Waals surface area contributed by atoms with Crippen LogP contribution in [-0.4, -0.2) is 15.9 Å². The van der Waals surface area contributed by atoms with E-state index < -0.39 is 0 Å². The monoisotopic (exact) mass is 341 g/mol. The quantitative estimate of drug-likeness (QED) is 0.569. The van der Waals surface area contributed by atoms with Crippen LogP contribution in [0.3, 0.4) is 0 Å². The molecule has 0 aliphatic rings. The number of fused-ring (bicyclic) bond motifs is 1. The zero-order valence-corrected chi connectivity index (χ0v) is 14.2. The van der Waals surface area contributed by atoms with Gasteiger partial charge in [-0.2, -0.15) is 0 Å². The van der Waals surface area contributed by atoms with Crippen molar-refractivity contribution in [1.82, 2.24) is 15.3 Å². The standard InChI is InChI=1S/C22H19N3O/c26-22(17-11-5-2-6-12-17)25-20(16-9-3-1-4-10-16)15-21-23-18-13-7-8-14-19(18)24-21/h1-14,20H,15H2,(H,23,24)(H,25,26)/t20-/m0/s1. The van der Waals surface area contributed by atoms with Crippen molar-refractivity contribution in [2.45, 2.75) is 12.5 Å². The van der Waals surface area contributed by atoms with Gasteiger partial charge in [0.25, 0.3) is 5.91 Å². The van der Waals surface area contributed by atoms with Crippen molar-refractivity contribution >= 4 is 16.9 Å². The van der Waals surface area contributed by atoms with Crippen LogP contribution in [0, 0.1) is 0 Å². The molecule has 0 unspecified atom stereocenters. The number of aromatic nitrogens is 2. The molecular formula is C22H19N3O. The number of carbonyl (C=O) groups is 1. The predicted octanol–water partition coefficient (Wildman–Crippen LogP) is 4.28. The number of hydrogen-bond acceptors (Lipinski definition) is 2. The van der Waals surface area contributed by atoms with Crippen molar-refractivity contribution in [2.24, 2.45) is 0 Å². The van der Waals surface area contributed by atoms with Gasteiger partial charge in [0, 0.05) is 12.0 Å². The lowest BCUT2D eigenvalue weighted by molar-refractivity contribution is 0.0936. The van der Waals surface area contributed by atoms with Crippen LogP contribution < -0.4 is 5.32 Å². The number of hydrogen-bond donors (Lipinski definition) is 2. The molecule has 1 aromatic heterocycles. The van der Waals surface area contributed by atoms with E-state index in [4.69, 9.17) is 0 Å². The molecule has 2 N–H and O–H groups in total. The molecule has 128 valence electrons. The predicted molar refractivity (Wildman–Crippen MR) is 103 cm³/mol. The molecule has 4 rings (SSSR count). The van der Waals surface area contributed by atoms with Gasteiger partial charge in [0.05, 0.1) is 17.1 Å². The van der Waals surface area contributed by atoms with Gasteiger partial charge in [-0.1, -0.05) is 60.7 Å². The van der Waals surface area contributed by atoms with Crippen molar-refractivity contribution < 1.29 is 4.79 Å². The van der Waals surface area contributed by atoms with Crippen LogP contribution in [-0.2, 0) is 6.42 Å². The summed E-state index contributed by atoms with van der Waals surface area (Å²) in [6.45, 7) is 0. The number of nitrogens with zero attached hydrogens (tertiary/aromatic N) is 1. The number of para-hydroxylation sites is 2. The second-order valence-electron chi connectivity index (χ2n) is 6.21. The summed E-state index contributed by atoms with van der Waals surface area (Å²) in [7, 11) is 0. The summed E-state index contributed by atoms with van der Waals surface area (Å²) in [5.74, 6) is 0.768. The highest BCUT2D eigenvalue weighted by Crippen LogP contribution is 2.20. The summed E-state index contributed by atoms with van der Waals surface area (Å²) in [5.41, 5.74) is 3.64. The number of carbonyl (C=O) groups excluding carboxylic acids is 1. The Hall–Kier alpha value is -3.40. The average molecular weight is 341 g/mol. The molecule has 4 heteroatoms. The zero-order valence-electron chi connectivity index (χ0n) is 14.2. The van der Waals surface area contributed by atoms with Gasteiger partial charge in [-0.05, 0) is 29.8 Å². The smallest absolute Gasteiger partial charge is 0.251 e. The highest BCUT2D eigenvalue weighted by molar-refractivity contribution is 5.94. The molecule has 3 aromatic carbocycles. The lowest BCUT2D eigenvalue weighted by Crippen LogP contribution is -2.30. The molecule has 26 heavy (non-hydrogen) atoms. The molecule has 0 radical (unpaired) electrons. The molecule has 4 aromatic rings. The summed E-state index contributed by atoms with van der Waals surface area (Å²) < 4.78 is 0. The zero-order chi connectivity index (χ0) is 17.8. The van der Waals surface area contributed by atoms with E-state index in [0.29, 0.717) is 12.0 Å². The van der Waals surface area contributed by atoms with Gasteiger partial charge in [0.15, 0.2) is 0 Å². The van der Waals surface area contributed by atoms with Crippen molar-refractivity contribution in [3.05, 3.63) is 102 Å². The SMILES string of the molecule is O=C(N[C@@H](Cc1nc2ccccc2[nH]1)c1ccccc1)c1ccccc1. The lowest BCUT2D eigenvalue weighted by Gasteiger charge is -2.18. The maximum Gasteiger partial charge on any atom is 0.251 e. The Kier molecular flexibility index (Phi) is 4.48. The topological polar surface area (TPSA) is 57.8 Å². The summed E-state index contributed by atoms with van der Waals surface area (Å²) >= 11 is 0. The first-order chi connectivity index (χ1) is 12.8. The Morgan fingerprint density at radius 1 is 0.885 bits per heavy atom. The number of aromatic amines is 1. The molecule has 1 heterocycles. The minimum Gasteiger partial charge on any atom is -0.345 e. The molecule has 1 atom stereocenters. The van der Waals surface area contributed by atoms with Crippen molar-refractivity contribution in [2.75, 3.05) is 0 Å². The fourth-order valence-corrected chi connectivity index (χ4v) is 3.06. The number of nitrogens with one attached hydrogen (secondary N) is 2. The van der Waals surface area contributed by atoms with Gasteiger partial charge in [-0.3, -0.25) is 4.79 Å². The summed E-state index contributed by atoms with van der Waals surface area (Å²) in [6, 6.07) is 27.0.